The van der Waals surface area contributed by atoms with Crippen molar-refractivity contribution in [2.45, 2.75) is 17.4 Å². The number of hydrogen-bond donors (Lipinski definition) is 1. The molecule has 0 aliphatic carbocycles. The van der Waals surface area contributed by atoms with Gasteiger partial charge in [0, 0.05) is 31.3 Å². The summed E-state index contributed by atoms with van der Waals surface area (Å²) in [5.74, 6) is 0. The molecule has 1 aromatic rings. The Balaban J connectivity index is 2.32. The minimum atomic E-state index is -3.69. The van der Waals surface area contributed by atoms with Gasteiger partial charge in [0.2, 0.25) is 10.0 Å². The van der Waals surface area contributed by atoms with E-state index in [-0.39, 0.29) is 23.2 Å². The number of nitro groups is 1. The Morgan fingerprint density at radius 2 is 2.10 bits per heavy atom. The zero-order valence-corrected chi connectivity index (χ0v) is 12.3. The molecule has 0 unspecified atom stereocenters. The van der Waals surface area contributed by atoms with E-state index in [1.54, 1.807) is 6.08 Å². The highest BCUT2D eigenvalue weighted by molar-refractivity contribution is 7.89. The van der Waals surface area contributed by atoms with E-state index >= 15 is 0 Å². The van der Waals surface area contributed by atoms with Gasteiger partial charge in [-0.15, -0.1) is 6.58 Å². The van der Waals surface area contributed by atoms with Crippen LogP contribution in [0.1, 0.15) is 6.42 Å². The molecule has 1 aliphatic rings. The fourth-order valence-corrected chi connectivity index (χ4v) is 3.96. The highest BCUT2D eigenvalue weighted by Gasteiger charge is 2.32. The predicted molar refractivity (Wildman–Crippen MR) is 78.5 cm³/mol. The van der Waals surface area contributed by atoms with Gasteiger partial charge in [0.25, 0.3) is 5.69 Å². The number of rotatable bonds is 6. The van der Waals surface area contributed by atoms with E-state index < -0.39 is 14.9 Å². The Bertz CT molecular complexity index is 621. The van der Waals surface area contributed by atoms with Crippen LogP contribution < -0.4 is 5.32 Å². The minimum Gasteiger partial charge on any atom is -0.315 e. The summed E-state index contributed by atoms with van der Waals surface area (Å²) >= 11 is 0. The van der Waals surface area contributed by atoms with Gasteiger partial charge in [0.15, 0.2) is 0 Å². The fraction of sp³-hybridized carbons (Fsp3) is 0.385. The van der Waals surface area contributed by atoms with Crippen molar-refractivity contribution in [2.75, 3.05) is 19.6 Å². The summed E-state index contributed by atoms with van der Waals surface area (Å²) in [6, 6.07) is 4.82. The molecular weight excluding hydrogens is 294 g/mol. The summed E-state index contributed by atoms with van der Waals surface area (Å²) in [5, 5.41) is 13.8. The molecule has 1 atom stereocenters. The molecule has 0 spiro atoms. The van der Waals surface area contributed by atoms with E-state index in [1.165, 1.54) is 28.6 Å². The molecule has 0 amide bonds. The lowest BCUT2D eigenvalue weighted by Gasteiger charge is -2.26. The van der Waals surface area contributed by atoms with E-state index in [1.807, 2.05) is 0 Å². The fourth-order valence-electron chi connectivity index (χ4n) is 2.33. The highest BCUT2D eigenvalue weighted by atomic mass is 32.2. The predicted octanol–water partition coefficient (Wildman–Crippen LogP) is 1.13. The Labute approximate surface area is 123 Å². The van der Waals surface area contributed by atoms with Crippen LogP contribution in [-0.4, -0.2) is 43.3 Å². The summed E-state index contributed by atoms with van der Waals surface area (Å²) in [5.41, 5.74) is -0.133. The first-order chi connectivity index (χ1) is 9.96. The molecule has 7 nitrogen and oxygen atoms in total. The van der Waals surface area contributed by atoms with Gasteiger partial charge >= 0.3 is 0 Å². The second-order valence-corrected chi connectivity index (χ2v) is 6.65. The van der Waals surface area contributed by atoms with E-state index in [0.29, 0.717) is 6.54 Å². The number of nitrogens with one attached hydrogen (secondary N) is 1. The van der Waals surface area contributed by atoms with E-state index in [9.17, 15) is 18.5 Å². The standard InChI is InChI=1S/C13H17N3O4S/c1-2-9-15(12-7-8-14-10-12)21(19,20)13-5-3-11(4-6-13)16(17)18/h2-6,12,14H,1,7-10H2/t12-/m1/s1. The number of non-ortho nitro benzene ring substituents is 1. The lowest BCUT2D eigenvalue weighted by atomic mass is 10.2. The third-order valence-electron chi connectivity index (χ3n) is 3.40. The summed E-state index contributed by atoms with van der Waals surface area (Å²) in [4.78, 5) is 10.1. The van der Waals surface area contributed by atoms with Crippen molar-refractivity contribution in [3.8, 4) is 0 Å². The SMILES string of the molecule is C=CCN([C@@H]1CCNC1)S(=O)(=O)c1ccc([N+](=O)[O-])cc1. The van der Waals surface area contributed by atoms with Crippen LogP contribution in [0.3, 0.4) is 0 Å². The molecule has 8 heteroatoms. The van der Waals surface area contributed by atoms with Crippen molar-refractivity contribution >= 4 is 15.7 Å². The first-order valence-corrected chi connectivity index (χ1v) is 7.98. The maximum Gasteiger partial charge on any atom is 0.269 e. The molecule has 21 heavy (non-hydrogen) atoms. The molecule has 0 radical (unpaired) electrons. The van der Waals surface area contributed by atoms with Gasteiger partial charge in [-0.1, -0.05) is 6.08 Å². The minimum absolute atomic E-state index is 0.0573. The van der Waals surface area contributed by atoms with Gasteiger partial charge < -0.3 is 5.32 Å². The van der Waals surface area contributed by atoms with Crippen LogP contribution in [0, 0.1) is 10.1 Å². The molecular formula is C13H17N3O4S. The van der Waals surface area contributed by atoms with E-state index in [2.05, 4.69) is 11.9 Å². The molecule has 0 bridgehead atoms. The van der Waals surface area contributed by atoms with Crippen LogP contribution in [0.5, 0.6) is 0 Å². The van der Waals surface area contributed by atoms with Crippen molar-refractivity contribution in [2.24, 2.45) is 0 Å². The van der Waals surface area contributed by atoms with Gasteiger partial charge in [0.1, 0.15) is 0 Å². The van der Waals surface area contributed by atoms with Gasteiger partial charge in [-0.05, 0) is 25.1 Å². The van der Waals surface area contributed by atoms with E-state index in [0.717, 1.165) is 13.0 Å². The van der Waals surface area contributed by atoms with Crippen LogP contribution in [0.15, 0.2) is 41.8 Å². The first kappa shape index (κ1) is 15.6. The Hall–Kier alpha value is -1.77. The Kier molecular flexibility index (Phi) is 4.71. The van der Waals surface area contributed by atoms with Crippen molar-refractivity contribution in [1.82, 2.24) is 9.62 Å². The Morgan fingerprint density at radius 3 is 2.57 bits per heavy atom. The lowest BCUT2D eigenvalue weighted by Crippen LogP contribution is -2.41. The zero-order valence-electron chi connectivity index (χ0n) is 11.4. The van der Waals surface area contributed by atoms with Crippen LogP contribution in [0.4, 0.5) is 5.69 Å². The quantitative estimate of drug-likeness (QED) is 0.483. The third-order valence-corrected chi connectivity index (χ3v) is 5.34. The lowest BCUT2D eigenvalue weighted by molar-refractivity contribution is -0.384. The Morgan fingerprint density at radius 1 is 1.43 bits per heavy atom. The summed E-state index contributed by atoms with van der Waals surface area (Å²) in [6.07, 6.45) is 2.28. The van der Waals surface area contributed by atoms with Crippen LogP contribution in [-0.2, 0) is 10.0 Å². The highest BCUT2D eigenvalue weighted by Crippen LogP contribution is 2.23. The number of sulfonamides is 1. The van der Waals surface area contributed by atoms with Gasteiger partial charge in [-0.3, -0.25) is 10.1 Å². The molecule has 1 aromatic carbocycles. The van der Waals surface area contributed by atoms with Crippen LogP contribution in [0.25, 0.3) is 0 Å². The number of hydrogen-bond acceptors (Lipinski definition) is 5. The largest absolute Gasteiger partial charge is 0.315 e. The smallest absolute Gasteiger partial charge is 0.269 e. The van der Waals surface area contributed by atoms with E-state index in [4.69, 9.17) is 0 Å². The topological polar surface area (TPSA) is 92.6 Å². The zero-order chi connectivity index (χ0) is 15.5. The van der Waals surface area contributed by atoms with Gasteiger partial charge in [0.05, 0.1) is 9.82 Å². The molecule has 0 aromatic heterocycles. The average molecular weight is 311 g/mol. The summed E-state index contributed by atoms with van der Waals surface area (Å²) < 4.78 is 26.7. The maximum absolute atomic E-state index is 12.7. The molecule has 0 saturated carbocycles. The average Bonchev–Trinajstić information content (AvgIpc) is 2.98. The molecule has 1 N–H and O–H groups in total. The molecule has 1 aliphatic heterocycles. The number of nitro benzene ring substituents is 1. The van der Waals surface area contributed by atoms with Crippen LogP contribution >= 0.6 is 0 Å². The van der Waals surface area contributed by atoms with Gasteiger partial charge in [-0.2, -0.15) is 4.31 Å². The second kappa shape index (κ2) is 6.33. The van der Waals surface area contributed by atoms with Crippen molar-refractivity contribution < 1.29 is 13.3 Å². The number of benzene rings is 1. The summed E-state index contributed by atoms with van der Waals surface area (Å²) in [6.45, 7) is 5.18. The molecule has 1 saturated heterocycles. The van der Waals surface area contributed by atoms with Gasteiger partial charge in [-0.25, -0.2) is 8.42 Å². The van der Waals surface area contributed by atoms with Crippen molar-refractivity contribution in [3.63, 3.8) is 0 Å². The number of nitrogens with zero attached hydrogens (tertiary/aromatic N) is 2. The summed E-state index contributed by atoms with van der Waals surface area (Å²) in [7, 11) is -3.69. The molecule has 1 heterocycles. The molecule has 2 rings (SSSR count). The monoisotopic (exact) mass is 311 g/mol. The molecule has 1 fully saturated rings. The third kappa shape index (κ3) is 3.29. The molecule has 114 valence electrons. The normalized spacial score (nSPS) is 18.8. The van der Waals surface area contributed by atoms with Crippen LogP contribution in [0.2, 0.25) is 0 Å². The second-order valence-electron chi connectivity index (χ2n) is 4.76. The van der Waals surface area contributed by atoms with Crippen molar-refractivity contribution in [1.29, 1.82) is 0 Å². The maximum atomic E-state index is 12.7. The first-order valence-electron chi connectivity index (χ1n) is 6.54. The van der Waals surface area contributed by atoms with Crippen molar-refractivity contribution in [3.05, 3.63) is 47.0 Å².